The summed E-state index contributed by atoms with van der Waals surface area (Å²) in [6.45, 7) is 12.7. The first kappa shape index (κ1) is 17.7. The van der Waals surface area contributed by atoms with Gasteiger partial charge < -0.3 is 14.5 Å². The molecule has 23 heavy (non-hydrogen) atoms. The van der Waals surface area contributed by atoms with Gasteiger partial charge in [0.1, 0.15) is 0 Å². The molecular weight excluding hydrogens is 296 g/mol. The highest BCUT2D eigenvalue weighted by Crippen LogP contribution is 2.23. The minimum Gasteiger partial charge on any atom is -0.465 e. The lowest BCUT2D eigenvalue weighted by Gasteiger charge is -2.39. The number of amides is 1. The monoisotopic (exact) mass is 324 g/mol. The molecule has 130 valence electrons. The highest BCUT2D eigenvalue weighted by molar-refractivity contribution is 6.08. The van der Waals surface area contributed by atoms with Crippen molar-refractivity contribution in [2.24, 2.45) is 16.8 Å². The second-order valence-corrected chi connectivity index (χ2v) is 6.33. The van der Waals surface area contributed by atoms with Gasteiger partial charge in [-0.15, -0.1) is 0 Å². The number of guanidine groups is 1. The summed E-state index contributed by atoms with van der Waals surface area (Å²) in [5.41, 5.74) is 0. The van der Waals surface area contributed by atoms with Crippen molar-refractivity contribution in [1.29, 1.82) is 0 Å². The number of aliphatic imine (C=N–C) groups is 1. The molecule has 0 radical (unpaired) electrons. The molecule has 0 aromatic heterocycles. The van der Waals surface area contributed by atoms with Crippen LogP contribution in [0.5, 0.6) is 0 Å². The van der Waals surface area contributed by atoms with Gasteiger partial charge in [0, 0.05) is 26.2 Å². The van der Waals surface area contributed by atoms with Crippen LogP contribution >= 0.6 is 0 Å². The van der Waals surface area contributed by atoms with Crippen LogP contribution in [0.25, 0.3) is 0 Å². The van der Waals surface area contributed by atoms with Crippen LogP contribution in [0.15, 0.2) is 4.99 Å². The van der Waals surface area contributed by atoms with Crippen LogP contribution in [0.2, 0.25) is 0 Å². The van der Waals surface area contributed by atoms with E-state index in [1.54, 1.807) is 6.92 Å². The number of hydrogen-bond donors (Lipinski definition) is 1. The third-order valence-electron chi connectivity index (χ3n) is 4.47. The van der Waals surface area contributed by atoms with Gasteiger partial charge in [-0.25, -0.2) is 4.99 Å². The SMILES string of the molecule is CCOC(=O)[C@@H]1C(=O)NC(N2CCN(CC)CC2)=N[C@@H]1C(C)C. The summed E-state index contributed by atoms with van der Waals surface area (Å²) in [5, 5.41) is 2.81. The Bertz CT molecular complexity index is 470. The summed E-state index contributed by atoms with van der Waals surface area (Å²) in [5.74, 6) is -0.949. The third-order valence-corrected chi connectivity index (χ3v) is 4.47. The zero-order valence-electron chi connectivity index (χ0n) is 14.5. The standard InChI is InChI=1S/C16H28N4O3/c1-5-19-7-9-20(10-8-19)16-17-13(11(3)4)12(14(21)18-16)15(22)23-6-2/h11-13H,5-10H2,1-4H3,(H,17,18,21)/t12-,13+/m0/s1. The maximum Gasteiger partial charge on any atom is 0.320 e. The van der Waals surface area contributed by atoms with E-state index in [1.165, 1.54) is 0 Å². The molecule has 2 aliphatic heterocycles. The lowest BCUT2D eigenvalue weighted by atomic mass is 9.89. The Hall–Kier alpha value is -1.63. The van der Waals surface area contributed by atoms with Crippen molar-refractivity contribution < 1.29 is 14.3 Å². The van der Waals surface area contributed by atoms with E-state index in [4.69, 9.17) is 4.74 Å². The summed E-state index contributed by atoms with van der Waals surface area (Å²) in [7, 11) is 0. The average Bonchev–Trinajstić information content (AvgIpc) is 2.54. The van der Waals surface area contributed by atoms with E-state index in [9.17, 15) is 9.59 Å². The highest BCUT2D eigenvalue weighted by atomic mass is 16.5. The van der Waals surface area contributed by atoms with Gasteiger partial charge in [-0.05, 0) is 19.4 Å². The second-order valence-electron chi connectivity index (χ2n) is 6.33. The number of carbonyl (C=O) groups excluding carboxylic acids is 2. The number of carbonyl (C=O) groups is 2. The van der Waals surface area contributed by atoms with Crippen LogP contribution in [0.4, 0.5) is 0 Å². The van der Waals surface area contributed by atoms with Crippen molar-refractivity contribution in [3.8, 4) is 0 Å². The van der Waals surface area contributed by atoms with E-state index in [-0.39, 0.29) is 24.5 Å². The van der Waals surface area contributed by atoms with Gasteiger partial charge >= 0.3 is 5.97 Å². The first-order valence-corrected chi connectivity index (χ1v) is 8.50. The number of hydrogen-bond acceptors (Lipinski definition) is 6. The second kappa shape index (κ2) is 7.77. The molecule has 0 bridgehead atoms. The molecule has 0 aliphatic carbocycles. The Kier molecular flexibility index (Phi) is 5.98. The highest BCUT2D eigenvalue weighted by Gasteiger charge is 2.42. The molecule has 0 aromatic carbocycles. The number of piperazine rings is 1. The predicted molar refractivity (Wildman–Crippen MR) is 88.0 cm³/mol. The maximum absolute atomic E-state index is 12.5. The Balaban J connectivity index is 2.15. The molecule has 0 aromatic rings. The van der Waals surface area contributed by atoms with E-state index in [2.05, 4.69) is 27.0 Å². The van der Waals surface area contributed by atoms with Crippen molar-refractivity contribution >= 4 is 17.8 Å². The van der Waals surface area contributed by atoms with Crippen LogP contribution in [0.3, 0.4) is 0 Å². The number of esters is 1. The molecule has 2 aliphatic rings. The zero-order valence-corrected chi connectivity index (χ0v) is 14.5. The normalized spacial score (nSPS) is 26.0. The third kappa shape index (κ3) is 4.02. The van der Waals surface area contributed by atoms with Crippen molar-refractivity contribution in [1.82, 2.24) is 15.1 Å². The van der Waals surface area contributed by atoms with E-state index >= 15 is 0 Å². The smallest absolute Gasteiger partial charge is 0.320 e. The molecule has 0 saturated carbocycles. The van der Waals surface area contributed by atoms with Crippen LogP contribution in [-0.2, 0) is 14.3 Å². The first-order chi connectivity index (χ1) is 11.0. The Morgan fingerprint density at radius 1 is 1.30 bits per heavy atom. The molecule has 2 rings (SSSR count). The topological polar surface area (TPSA) is 74.2 Å². The largest absolute Gasteiger partial charge is 0.465 e. The number of nitrogens with zero attached hydrogens (tertiary/aromatic N) is 3. The lowest BCUT2D eigenvalue weighted by molar-refractivity contribution is -0.153. The minimum absolute atomic E-state index is 0.0855. The Morgan fingerprint density at radius 3 is 2.48 bits per heavy atom. The van der Waals surface area contributed by atoms with Gasteiger partial charge in [0.15, 0.2) is 5.92 Å². The van der Waals surface area contributed by atoms with E-state index in [0.29, 0.717) is 5.96 Å². The van der Waals surface area contributed by atoms with Crippen molar-refractivity contribution in [2.45, 2.75) is 33.7 Å². The van der Waals surface area contributed by atoms with E-state index in [1.807, 2.05) is 13.8 Å². The lowest BCUT2D eigenvalue weighted by Crippen LogP contribution is -2.59. The van der Waals surface area contributed by atoms with Gasteiger partial charge in [0.25, 0.3) is 0 Å². The van der Waals surface area contributed by atoms with Crippen LogP contribution < -0.4 is 5.32 Å². The van der Waals surface area contributed by atoms with E-state index in [0.717, 1.165) is 32.7 Å². The zero-order chi connectivity index (χ0) is 17.0. The molecular formula is C16H28N4O3. The van der Waals surface area contributed by atoms with Crippen molar-refractivity contribution in [3.05, 3.63) is 0 Å². The predicted octanol–water partition coefficient (Wildman–Crippen LogP) is 0.314. The van der Waals surface area contributed by atoms with Gasteiger partial charge in [-0.2, -0.15) is 0 Å². The van der Waals surface area contributed by atoms with Gasteiger partial charge in [-0.1, -0.05) is 20.8 Å². The number of likely N-dealkylation sites (N-methyl/N-ethyl adjacent to an activating group) is 1. The van der Waals surface area contributed by atoms with Crippen LogP contribution in [0.1, 0.15) is 27.7 Å². The fourth-order valence-corrected chi connectivity index (χ4v) is 3.04. The Morgan fingerprint density at radius 2 is 1.96 bits per heavy atom. The van der Waals surface area contributed by atoms with Gasteiger partial charge in [-0.3, -0.25) is 14.9 Å². The molecule has 1 saturated heterocycles. The Labute approximate surface area is 138 Å². The molecule has 7 heteroatoms. The number of ether oxygens (including phenoxy) is 1. The fraction of sp³-hybridized carbons (Fsp3) is 0.812. The number of rotatable bonds is 4. The molecule has 7 nitrogen and oxygen atoms in total. The molecule has 2 heterocycles. The summed E-state index contributed by atoms with van der Waals surface area (Å²) < 4.78 is 5.05. The number of nitrogens with one attached hydrogen (secondary N) is 1. The van der Waals surface area contributed by atoms with E-state index < -0.39 is 11.9 Å². The molecule has 2 atom stereocenters. The molecule has 0 unspecified atom stereocenters. The fourth-order valence-electron chi connectivity index (χ4n) is 3.04. The maximum atomic E-state index is 12.5. The van der Waals surface area contributed by atoms with Crippen LogP contribution in [0, 0.1) is 11.8 Å². The van der Waals surface area contributed by atoms with Crippen molar-refractivity contribution in [2.75, 3.05) is 39.3 Å². The van der Waals surface area contributed by atoms with Gasteiger partial charge in [0.05, 0.1) is 12.6 Å². The summed E-state index contributed by atoms with van der Waals surface area (Å²) in [6, 6.07) is -0.373. The van der Waals surface area contributed by atoms with Crippen LogP contribution in [-0.4, -0.2) is 73.0 Å². The van der Waals surface area contributed by atoms with Crippen molar-refractivity contribution in [3.63, 3.8) is 0 Å². The quantitative estimate of drug-likeness (QED) is 0.595. The molecule has 1 amide bonds. The summed E-state index contributed by atoms with van der Waals surface area (Å²) in [6.07, 6.45) is 0. The molecule has 1 fully saturated rings. The first-order valence-electron chi connectivity index (χ1n) is 8.50. The minimum atomic E-state index is -0.851. The summed E-state index contributed by atoms with van der Waals surface area (Å²) in [4.78, 5) is 33.7. The average molecular weight is 324 g/mol. The molecule has 1 N–H and O–H groups in total. The molecule has 0 spiro atoms. The van der Waals surface area contributed by atoms with Gasteiger partial charge in [0.2, 0.25) is 11.9 Å². The summed E-state index contributed by atoms with van der Waals surface area (Å²) >= 11 is 0.